The number of rotatable bonds is 3. The van der Waals surface area contributed by atoms with Gasteiger partial charge in [0, 0.05) is 3.57 Å². The van der Waals surface area contributed by atoms with Crippen molar-refractivity contribution in [2.45, 2.75) is 0 Å². The van der Waals surface area contributed by atoms with Crippen LogP contribution in [-0.4, -0.2) is 16.1 Å². The van der Waals surface area contributed by atoms with Crippen molar-refractivity contribution in [3.63, 3.8) is 0 Å². The fourth-order valence-corrected chi connectivity index (χ4v) is 2.06. The zero-order valence-electron chi connectivity index (χ0n) is 9.52. The number of anilines is 3. The summed E-state index contributed by atoms with van der Waals surface area (Å²) in [7, 11) is 0. The Morgan fingerprint density at radius 1 is 1.42 bits per heavy atom. The van der Waals surface area contributed by atoms with Crippen molar-refractivity contribution >= 4 is 45.8 Å². The van der Waals surface area contributed by atoms with Gasteiger partial charge in [-0.05, 0) is 46.9 Å². The van der Waals surface area contributed by atoms with Crippen LogP contribution in [0, 0.1) is 9.39 Å². The van der Waals surface area contributed by atoms with Gasteiger partial charge in [0.05, 0.1) is 23.1 Å². The molecule has 0 aliphatic carbocycles. The third-order valence-corrected chi connectivity index (χ3v) is 3.25. The van der Waals surface area contributed by atoms with Crippen LogP contribution in [0.4, 0.5) is 21.6 Å². The molecule has 1 aromatic carbocycles. The Kier molecular flexibility index (Phi) is 3.84. The number of hydrogen-bond acceptors (Lipinski definition) is 4. The number of nitrogens with two attached hydrogens (primary N) is 1. The van der Waals surface area contributed by atoms with E-state index in [2.05, 4.69) is 10.3 Å². The molecule has 0 radical (unpaired) electrons. The first kappa shape index (κ1) is 13.5. The van der Waals surface area contributed by atoms with E-state index in [0.29, 0.717) is 15.1 Å². The second kappa shape index (κ2) is 5.39. The Morgan fingerprint density at radius 3 is 2.79 bits per heavy atom. The Morgan fingerprint density at radius 2 is 2.16 bits per heavy atom. The Balaban J connectivity index is 2.33. The van der Waals surface area contributed by atoms with E-state index in [-0.39, 0.29) is 17.1 Å². The first-order valence-corrected chi connectivity index (χ1v) is 6.26. The number of nitrogen functional groups attached to an aromatic ring is 1. The zero-order chi connectivity index (χ0) is 14.0. The van der Waals surface area contributed by atoms with E-state index in [1.54, 1.807) is 6.07 Å². The van der Waals surface area contributed by atoms with Crippen molar-refractivity contribution in [3.8, 4) is 0 Å². The number of aromatic carboxylic acids is 1. The summed E-state index contributed by atoms with van der Waals surface area (Å²) < 4.78 is 13.6. The first-order chi connectivity index (χ1) is 8.97. The lowest BCUT2D eigenvalue weighted by molar-refractivity contribution is 0.0698. The number of nitrogens with one attached hydrogen (secondary N) is 1. The van der Waals surface area contributed by atoms with Crippen LogP contribution in [0.15, 0.2) is 30.5 Å². The van der Waals surface area contributed by atoms with Crippen LogP contribution >= 0.6 is 22.6 Å². The summed E-state index contributed by atoms with van der Waals surface area (Å²) in [6, 6.07) is 5.55. The lowest BCUT2D eigenvalue weighted by atomic mass is 10.2. The van der Waals surface area contributed by atoms with Gasteiger partial charge in [0.2, 0.25) is 0 Å². The van der Waals surface area contributed by atoms with Crippen LogP contribution < -0.4 is 11.1 Å². The van der Waals surface area contributed by atoms with E-state index in [1.807, 2.05) is 22.6 Å². The number of carbonyl (C=O) groups is 1. The van der Waals surface area contributed by atoms with Gasteiger partial charge in [0.25, 0.3) is 0 Å². The number of halogens is 2. The van der Waals surface area contributed by atoms with Gasteiger partial charge in [-0.1, -0.05) is 0 Å². The molecule has 4 N–H and O–H groups in total. The summed E-state index contributed by atoms with van der Waals surface area (Å²) >= 11 is 1.97. The van der Waals surface area contributed by atoms with E-state index in [4.69, 9.17) is 10.8 Å². The average molecular weight is 373 g/mol. The molecule has 0 bridgehead atoms. The molecule has 0 fully saturated rings. The van der Waals surface area contributed by atoms with Crippen LogP contribution in [0.3, 0.4) is 0 Å². The second-order valence-corrected chi connectivity index (χ2v) is 4.87. The number of hydrogen-bond donors (Lipinski definition) is 3. The molecule has 5 nitrogen and oxygen atoms in total. The normalized spacial score (nSPS) is 10.2. The van der Waals surface area contributed by atoms with Crippen molar-refractivity contribution in [1.82, 2.24) is 4.98 Å². The summed E-state index contributed by atoms with van der Waals surface area (Å²) in [5.41, 5.74) is 6.20. The second-order valence-electron chi connectivity index (χ2n) is 3.71. The van der Waals surface area contributed by atoms with Gasteiger partial charge in [-0.15, -0.1) is 0 Å². The molecule has 0 aliphatic rings. The number of nitrogens with zero attached hydrogens (tertiary/aromatic N) is 1. The van der Waals surface area contributed by atoms with E-state index in [1.165, 1.54) is 24.4 Å². The SMILES string of the molecule is Nc1cnc(Nc2ccc(F)cc2I)cc1C(=O)O. The highest BCUT2D eigenvalue weighted by Crippen LogP contribution is 2.24. The molecular formula is C12H9FIN3O2. The highest BCUT2D eigenvalue weighted by molar-refractivity contribution is 14.1. The highest BCUT2D eigenvalue weighted by Gasteiger charge is 2.10. The zero-order valence-corrected chi connectivity index (χ0v) is 11.7. The lowest BCUT2D eigenvalue weighted by Crippen LogP contribution is -2.05. The van der Waals surface area contributed by atoms with Crippen LogP contribution in [-0.2, 0) is 0 Å². The van der Waals surface area contributed by atoms with Crippen LogP contribution in [0.5, 0.6) is 0 Å². The molecule has 19 heavy (non-hydrogen) atoms. The van der Waals surface area contributed by atoms with Gasteiger partial charge in [0.15, 0.2) is 0 Å². The van der Waals surface area contributed by atoms with E-state index < -0.39 is 5.97 Å². The van der Waals surface area contributed by atoms with Crippen molar-refractivity contribution in [1.29, 1.82) is 0 Å². The molecule has 1 heterocycles. The highest BCUT2D eigenvalue weighted by atomic mass is 127. The van der Waals surface area contributed by atoms with Gasteiger partial charge >= 0.3 is 5.97 Å². The Labute approximate surface area is 121 Å². The topological polar surface area (TPSA) is 88.2 Å². The van der Waals surface area contributed by atoms with Crippen molar-refractivity contribution < 1.29 is 14.3 Å². The fourth-order valence-electron chi connectivity index (χ4n) is 1.45. The summed E-state index contributed by atoms with van der Waals surface area (Å²) in [5, 5.41) is 11.9. The van der Waals surface area contributed by atoms with Crippen molar-refractivity contribution in [2.75, 3.05) is 11.1 Å². The number of aromatic nitrogens is 1. The van der Waals surface area contributed by atoms with E-state index >= 15 is 0 Å². The average Bonchev–Trinajstić information content (AvgIpc) is 2.34. The van der Waals surface area contributed by atoms with Gasteiger partial charge < -0.3 is 16.2 Å². The molecule has 0 unspecified atom stereocenters. The van der Waals surface area contributed by atoms with Gasteiger partial charge in [0.1, 0.15) is 11.6 Å². The quantitative estimate of drug-likeness (QED) is 0.721. The minimum absolute atomic E-state index is 0.0328. The molecule has 7 heteroatoms. The summed E-state index contributed by atoms with van der Waals surface area (Å²) in [5.74, 6) is -1.14. The molecule has 0 saturated heterocycles. The summed E-state index contributed by atoms with van der Waals surface area (Å²) in [4.78, 5) is 14.9. The monoisotopic (exact) mass is 373 g/mol. The molecule has 2 aromatic rings. The summed E-state index contributed by atoms with van der Waals surface area (Å²) in [6.45, 7) is 0. The number of carboxylic acid groups (broad SMARTS) is 1. The van der Waals surface area contributed by atoms with E-state index in [0.717, 1.165) is 0 Å². The lowest BCUT2D eigenvalue weighted by Gasteiger charge is -2.09. The molecule has 0 amide bonds. The fraction of sp³-hybridized carbons (Fsp3) is 0. The summed E-state index contributed by atoms with van der Waals surface area (Å²) in [6.07, 6.45) is 1.27. The van der Waals surface area contributed by atoms with Crippen molar-refractivity contribution in [3.05, 3.63) is 45.4 Å². The maximum absolute atomic E-state index is 13.0. The molecular weight excluding hydrogens is 364 g/mol. The molecule has 0 atom stereocenters. The molecule has 0 aliphatic heterocycles. The van der Waals surface area contributed by atoms with Crippen molar-refractivity contribution in [2.24, 2.45) is 0 Å². The maximum Gasteiger partial charge on any atom is 0.337 e. The first-order valence-electron chi connectivity index (χ1n) is 5.18. The standard InChI is InChI=1S/C12H9FIN3O2/c13-6-1-2-10(8(14)3-6)17-11-4-7(12(18)19)9(15)5-16-11/h1-5H,15H2,(H,16,17)(H,18,19). The molecule has 0 spiro atoms. The van der Waals surface area contributed by atoms with Gasteiger partial charge in [-0.2, -0.15) is 0 Å². The third kappa shape index (κ3) is 3.11. The predicted molar refractivity (Wildman–Crippen MR) is 78.0 cm³/mol. The molecule has 2 rings (SSSR count). The van der Waals surface area contributed by atoms with Gasteiger partial charge in [-0.25, -0.2) is 14.2 Å². The number of carboxylic acids is 1. The van der Waals surface area contributed by atoms with Crippen LogP contribution in [0.25, 0.3) is 0 Å². The largest absolute Gasteiger partial charge is 0.478 e. The third-order valence-electron chi connectivity index (χ3n) is 2.36. The maximum atomic E-state index is 13.0. The molecule has 1 aromatic heterocycles. The van der Waals surface area contributed by atoms with E-state index in [9.17, 15) is 9.18 Å². The van der Waals surface area contributed by atoms with Crippen LogP contribution in [0.2, 0.25) is 0 Å². The Bertz CT molecular complexity index is 649. The predicted octanol–water partition coefficient (Wildman–Crippen LogP) is 2.85. The van der Waals surface area contributed by atoms with Crippen LogP contribution in [0.1, 0.15) is 10.4 Å². The minimum atomic E-state index is -1.13. The molecule has 98 valence electrons. The Hall–Kier alpha value is -1.90. The number of pyridine rings is 1. The molecule has 0 saturated carbocycles. The number of benzene rings is 1. The minimum Gasteiger partial charge on any atom is -0.478 e. The van der Waals surface area contributed by atoms with Gasteiger partial charge in [-0.3, -0.25) is 0 Å². The smallest absolute Gasteiger partial charge is 0.337 e.